The Morgan fingerprint density at radius 3 is 2.36 bits per heavy atom. The number of fused-ring (bicyclic) bond motifs is 1. The van der Waals surface area contributed by atoms with Gasteiger partial charge in [0.2, 0.25) is 0 Å². The van der Waals surface area contributed by atoms with Gasteiger partial charge in [-0.25, -0.2) is 9.37 Å². The molecule has 3 nitrogen and oxygen atoms in total. The second-order valence-corrected chi connectivity index (χ2v) is 5.93. The van der Waals surface area contributed by atoms with Crippen molar-refractivity contribution in [2.75, 3.05) is 0 Å². The second kappa shape index (κ2) is 6.15. The van der Waals surface area contributed by atoms with E-state index in [1.807, 2.05) is 24.3 Å². The lowest BCUT2D eigenvalue weighted by Gasteiger charge is -2.15. The summed E-state index contributed by atoms with van der Waals surface area (Å²) >= 11 is 6.32. The van der Waals surface area contributed by atoms with Crippen molar-refractivity contribution in [3.63, 3.8) is 0 Å². The Kier molecular flexibility index (Phi) is 3.82. The van der Waals surface area contributed by atoms with Crippen molar-refractivity contribution in [3.05, 3.63) is 94.0 Å². The first-order valence-electron chi connectivity index (χ1n) is 7.68. The number of hydrogen-bond donors (Lipinski definition) is 0. The van der Waals surface area contributed by atoms with E-state index in [9.17, 15) is 9.18 Å². The maximum atomic E-state index is 14.3. The van der Waals surface area contributed by atoms with Crippen LogP contribution in [0.15, 0.2) is 77.6 Å². The van der Waals surface area contributed by atoms with Gasteiger partial charge in [-0.05, 0) is 36.4 Å². The molecule has 0 fully saturated rings. The number of halogens is 2. The van der Waals surface area contributed by atoms with E-state index in [2.05, 4.69) is 4.98 Å². The van der Waals surface area contributed by atoms with Crippen molar-refractivity contribution in [2.24, 2.45) is 0 Å². The Balaban J connectivity index is 2.19. The molecule has 0 spiro atoms. The van der Waals surface area contributed by atoms with Gasteiger partial charge in [0.05, 0.1) is 16.2 Å². The lowest BCUT2D eigenvalue weighted by Crippen LogP contribution is -2.22. The topological polar surface area (TPSA) is 34.9 Å². The van der Waals surface area contributed by atoms with Crippen LogP contribution in [0.25, 0.3) is 28.0 Å². The molecule has 0 saturated carbocycles. The first-order valence-corrected chi connectivity index (χ1v) is 8.06. The van der Waals surface area contributed by atoms with Crippen molar-refractivity contribution in [1.82, 2.24) is 9.55 Å². The zero-order valence-corrected chi connectivity index (χ0v) is 13.7. The minimum absolute atomic E-state index is 0.0397. The highest BCUT2D eigenvalue weighted by Gasteiger charge is 2.18. The third-order valence-electron chi connectivity index (χ3n) is 3.98. The van der Waals surface area contributed by atoms with Gasteiger partial charge in [0.25, 0.3) is 5.56 Å². The Morgan fingerprint density at radius 1 is 0.880 bits per heavy atom. The average Bonchev–Trinajstić information content (AvgIpc) is 2.62. The molecule has 0 bridgehead atoms. The zero-order chi connectivity index (χ0) is 17.4. The fraction of sp³-hybridized carbons (Fsp3) is 0. The van der Waals surface area contributed by atoms with E-state index in [-0.39, 0.29) is 5.39 Å². The molecule has 4 rings (SSSR count). The van der Waals surface area contributed by atoms with Crippen molar-refractivity contribution in [2.45, 2.75) is 0 Å². The summed E-state index contributed by atoms with van der Waals surface area (Å²) in [6.07, 6.45) is 0. The van der Waals surface area contributed by atoms with Crippen LogP contribution >= 0.6 is 11.6 Å². The molecule has 0 saturated heterocycles. The molecule has 5 heteroatoms. The number of nitrogens with zero attached hydrogens (tertiary/aromatic N) is 2. The fourth-order valence-electron chi connectivity index (χ4n) is 2.83. The molecule has 0 radical (unpaired) electrons. The molecule has 25 heavy (non-hydrogen) atoms. The zero-order valence-electron chi connectivity index (χ0n) is 13.0. The molecule has 0 aliphatic carbocycles. The highest BCUT2D eigenvalue weighted by atomic mass is 35.5. The maximum absolute atomic E-state index is 14.3. The third-order valence-corrected chi connectivity index (χ3v) is 4.31. The molecule has 0 amide bonds. The van der Waals surface area contributed by atoms with Crippen LogP contribution < -0.4 is 5.56 Å². The summed E-state index contributed by atoms with van der Waals surface area (Å²) in [6, 6.07) is 20.6. The number of rotatable bonds is 2. The molecule has 0 unspecified atom stereocenters. The normalized spacial score (nSPS) is 11.0. The summed E-state index contributed by atoms with van der Waals surface area (Å²) in [7, 11) is 0. The van der Waals surface area contributed by atoms with Crippen LogP contribution in [0.2, 0.25) is 5.02 Å². The van der Waals surface area contributed by atoms with Crippen LogP contribution in [-0.2, 0) is 0 Å². The van der Waals surface area contributed by atoms with Gasteiger partial charge in [0.1, 0.15) is 17.0 Å². The Bertz CT molecular complexity index is 1140. The summed E-state index contributed by atoms with van der Waals surface area (Å²) in [5.74, 6) is -0.217. The van der Waals surface area contributed by atoms with Gasteiger partial charge >= 0.3 is 0 Å². The quantitative estimate of drug-likeness (QED) is 0.518. The van der Waals surface area contributed by atoms with Crippen molar-refractivity contribution in [1.29, 1.82) is 0 Å². The number of hydrogen-bond acceptors (Lipinski definition) is 2. The monoisotopic (exact) mass is 350 g/mol. The number of benzene rings is 3. The molecule has 1 aromatic heterocycles. The summed E-state index contributed by atoms with van der Waals surface area (Å²) in [4.78, 5) is 17.6. The third kappa shape index (κ3) is 2.61. The van der Waals surface area contributed by atoms with E-state index >= 15 is 0 Å². The molecule has 0 aliphatic heterocycles. The molecule has 4 aromatic rings. The van der Waals surface area contributed by atoms with Crippen LogP contribution in [0.3, 0.4) is 0 Å². The Labute approximate surface area is 148 Å². The average molecular weight is 351 g/mol. The highest BCUT2D eigenvalue weighted by Crippen LogP contribution is 2.28. The summed E-state index contributed by atoms with van der Waals surface area (Å²) < 4.78 is 15.7. The highest BCUT2D eigenvalue weighted by molar-refractivity contribution is 6.33. The predicted molar refractivity (Wildman–Crippen MR) is 97.7 cm³/mol. The van der Waals surface area contributed by atoms with Crippen molar-refractivity contribution >= 4 is 22.5 Å². The van der Waals surface area contributed by atoms with Gasteiger partial charge in [-0.3, -0.25) is 9.36 Å². The van der Waals surface area contributed by atoms with Gasteiger partial charge in [-0.15, -0.1) is 0 Å². The molecule has 1 heterocycles. The maximum Gasteiger partial charge on any atom is 0.269 e. The number of aromatic nitrogens is 2. The van der Waals surface area contributed by atoms with Gasteiger partial charge in [0.15, 0.2) is 0 Å². The Morgan fingerprint density at radius 2 is 1.60 bits per heavy atom. The lowest BCUT2D eigenvalue weighted by molar-refractivity contribution is 0.637. The molecule has 122 valence electrons. The molecule has 3 aromatic carbocycles. The van der Waals surface area contributed by atoms with Crippen LogP contribution in [0.5, 0.6) is 0 Å². The SMILES string of the molecule is O=c1c2c(F)cccc2nc(-c2ccccc2Cl)n1-c1ccccc1. The summed E-state index contributed by atoms with van der Waals surface area (Å²) in [5, 5.41) is 0.428. The first-order chi connectivity index (χ1) is 12.2. The van der Waals surface area contributed by atoms with Crippen LogP contribution in [0.1, 0.15) is 0 Å². The van der Waals surface area contributed by atoms with E-state index in [1.165, 1.54) is 16.7 Å². The minimum atomic E-state index is -0.592. The summed E-state index contributed by atoms with van der Waals surface area (Å²) in [5.41, 5.74) is 1.03. The molecular formula is C20H12ClFN2O. The molecule has 0 N–H and O–H groups in total. The van der Waals surface area contributed by atoms with Gasteiger partial charge < -0.3 is 0 Å². The van der Waals surface area contributed by atoms with Gasteiger partial charge in [-0.2, -0.15) is 0 Å². The van der Waals surface area contributed by atoms with E-state index in [1.54, 1.807) is 36.4 Å². The Hall–Kier alpha value is -2.98. The largest absolute Gasteiger partial charge is 0.269 e. The van der Waals surface area contributed by atoms with Crippen molar-refractivity contribution in [3.8, 4) is 17.1 Å². The van der Waals surface area contributed by atoms with Crippen LogP contribution in [0.4, 0.5) is 4.39 Å². The van der Waals surface area contributed by atoms with Crippen molar-refractivity contribution < 1.29 is 4.39 Å². The molecule has 0 atom stereocenters. The van der Waals surface area contributed by atoms with E-state index < -0.39 is 11.4 Å². The van der Waals surface area contributed by atoms with E-state index in [0.29, 0.717) is 27.6 Å². The summed E-state index contributed by atoms with van der Waals surface area (Å²) in [6.45, 7) is 0. The van der Waals surface area contributed by atoms with Crippen LogP contribution in [-0.4, -0.2) is 9.55 Å². The smallest absolute Gasteiger partial charge is 0.268 e. The lowest BCUT2D eigenvalue weighted by atomic mass is 10.1. The minimum Gasteiger partial charge on any atom is -0.268 e. The standard InChI is InChI=1S/C20H12ClFN2O/c21-15-10-5-4-9-14(15)19-23-17-12-6-11-16(22)18(17)20(25)24(19)13-7-2-1-3-8-13/h1-12H. The van der Waals surface area contributed by atoms with Gasteiger partial charge in [-0.1, -0.05) is 48.0 Å². The predicted octanol–water partition coefficient (Wildman–Crippen LogP) is 4.85. The second-order valence-electron chi connectivity index (χ2n) is 5.53. The molecular weight excluding hydrogens is 339 g/mol. The van der Waals surface area contributed by atoms with Crippen LogP contribution in [0, 0.1) is 5.82 Å². The van der Waals surface area contributed by atoms with Gasteiger partial charge in [0, 0.05) is 5.56 Å². The first kappa shape index (κ1) is 15.5. The molecule has 0 aliphatic rings. The van der Waals surface area contributed by atoms with E-state index in [4.69, 9.17) is 11.6 Å². The fourth-order valence-corrected chi connectivity index (χ4v) is 3.05. The number of para-hydroxylation sites is 1. The van der Waals surface area contributed by atoms with E-state index in [0.717, 1.165) is 0 Å².